The van der Waals surface area contributed by atoms with Gasteiger partial charge in [0.25, 0.3) is 0 Å². The van der Waals surface area contributed by atoms with Crippen LogP contribution in [0.2, 0.25) is 0 Å². The van der Waals surface area contributed by atoms with Crippen LogP contribution in [0.1, 0.15) is 24.5 Å². The molecule has 3 nitrogen and oxygen atoms in total. The molecule has 2 aromatic rings. The van der Waals surface area contributed by atoms with Crippen molar-refractivity contribution in [1.82, 2.24) is 4.90 Å². The molecule has 0 aliphatic heterocycles. The molecule has 0 radical (unpaired) electrons. The van der Waals surface area contributed by atoms with Crippen molar-refractivity contribution < 1.29 is 9.18 Å². The highest BCUT2D eigenvalue weighted by Gasteiger charge is 2.09. The van der Waals surface area contributed by atoms with Gasteiger partial charge >= 0.3 is 6.03 Å². The fourth-order valence-electron chi connectivity index (χ4n) is 2.24. The van der Waals surface area contributed by atoms with Crippen LogP contribution >= 0.6 is 0 Å². The molecule has 2 amide bonds. The number of halogens is 1. The van der Waals surface area contributed by atoms with Crippen molar-refractivity contribution in [2.24, 2.45) is 0 Å². The topological polar surface area (TPSA) is 32.3 Å². The van der Waals surface area contributed by atoms with Crippen molar-refractivity contribution in [2.45, 2.75) is 26.3 Å². The number of hydrogen-bond acceptors (Lipinski definition) is 1. The van der Waals surface area contributed by atoms with Crippen LogP contribution in [0.15, 0.2) is 48.5 Å². The molecular weight excluding hydrogens is 279 g/mol. The molecule has 0 saturated carbocycles. The van der Waals surface area contributed by atoms with E-state index >= 15 is 0 Å². The van der Waals surface area contributed by atoms with Crippen molar-refractivity contribution >= 4 is 11.7 Å². The molecular formula is C18H21FN2O. The number of nitrogens with zero attached hydrogens (tertiary/aromatic N) is 1. The molecule has 0 saturated heterocycles. The summed E-state index contributed by atoms with van der Waals surface area (Å²) in [7, 11) is 1.69. The Bertz CT molecular complexity index is 625. The van der Waals surface area contributed by atoms with Gasteiger partial charge < -0.3 is 10.2 Å². The van der Waals surface area contributed by atoms with E-state index in [1.54, 1.807) is 19.2 Å². The lowest BCUT2D eigenvalue weighted by Crippen LogP contribution is -2.30. The second-order valence-corrected chi connectivity index (χ2v) is 5.36. The smallest absolute Gasteiger partial charge is 0.321 e. The van der Waals surface area contributed by atoms with Crippen molar-refractivity contribution in [2.75, 3.05) is 12.4 Å². The zero-order valence-corrected chi connectivity index (χ0v) is 13.0. The number of carbonyl (C=O) groups excluding carboxylic acids is 1. The number of urea groups is 1. The number of nitrogens with one attached hydrogen (secondary N) is 1. The van der Waals surface area contributed by atoms with Crippen molar-refractivity contribution in [3.63, 3.8) is 0 Å². The zero-order chi connectivity index (χ0) is 15.9. The van der Waals surface area contributed by atoms with E-state index in [1.165, 1.54) is 22.6 Å². The van der Waals surface area contributed by atoms with Gasteiger partial charge in [-0.15, -0.1) is 0 Å². The Balaban J connectivity index is 1.93. The normalized spacial score (nSPS) is 10.3. The van der Waals surface area contributed by atoms with E-state index in [0.29, 0.717) is 6.54 Å². The summed E-state index contributed by atoms with van der Waals surface area (Å²) in [6, 6.07) is 13.9. The number of hydrogen-bond donors (Lipinski definition) is 1. The highest BCUT2D eigenvalue weighted by atomic mass is 19.1. The first kappa shape index (κ1) is 16.0. The third kappa shape index (κ3) is 4.58. The monoisotopic (exact) mass is 300 g/mol. The standard InChI is InChI=1S/C18H21FN2O/c1-3-5-14-8-10-17(11-9-14)20-18(22)21(2)13-15-6-4-7-16(19)12-15/h4,6-12H,3,5,13H2,1-2H3,(H,20,22). The number of anilines is 1. The van der Waals surface area contributed by atoms with Crippen molar-refractivity contribution in [1.29, 1.82) is 0 Å². The van der Waals surface area contributed by atoms with Gasteiger partial charge in [-0.3, -0.25) is 0 Å². The van der Waals surface area contributed by atoms with Gasteiger partial charge in [-0.2, -0.15) is 0 Å². The molecule has 1 N–H and O–H groups in total. The quantitative estimate of drug-likeness (QED) is 0.869. The Kier molecular flexibility index (Phi) is 5.53. The number of aryl methyl sites for hydroxylation is 1. The summed E-state index contributed by atoms with van der Waals surface area (Å²) in [6.07, 6.45) is 2.13. The second kappa shape index (κ2) is 7.59. The number of amides is 2. The Hall–Kier alpha value is -2.36. The molecule has 0 atom stereocenters. The summed E-state index contributed by atoms with van der Waals surface area (Å²) in [6.45, 7) is 2.49. The van der Waals surface area contributed by atoms with Gasteiger partial charge in [-0.25, -0.2) is 9.18 Å². The van der Waals surface area contributed by atoms with E-state index < -0.39 is 0 Å². The Morgan fingerprint density at radius 3 is 2.50 bits per heavy atom. The summed E-state index contributed by atoms with van der Waals surface area (Å²) in [4.78, 5) is 13.7. The molecule has 0 aliphatic carbocycles. The van der Waals surface area contributed by atoms with Gasteiger partial charge in [0.05, 0.1) is 0 Å². The minimum Gasteiger partial charge on any atom is -0.323 e. The predicted octanol–water partition coefficient (Wildman–Crippen LogP) is 4.44. The van der Waals surface area contributed by atoms with Gasteiger partial charge in [0.1, 0.15) is 5.82 Å². The molecule has 0 aliphatic rings. The van der Waals surface area contributed by atoms with Gasteiger partial charge in [-0.05, 0) is 41.8 Å². The molecule has 0 heterocycles. The van der Waals surface area contributed by atoms with Crippen LogP contribution in [0, 0.1) is 5.82 Å². The lowest BCUT2D eigenvalue weighted by Gasteiger charge is -2.18. The van der Waals surface area contributed by atoms with Crippen LogP contribution in [0.5, 0.6) is 0 Å². The van der Waals surface area contributed by atoms with Gasteiger partial charge in [-0.1, -0.05) is 37.6 Å². The van der Waals surface area contributed by atoms with Crippen LogP contribution in [0.25, 0.3) is 0 Å². The van der Waals surface area contributed by atoms with Gasteiger partial charge in [0.2, 0.25) is 0 Å². The van der Waals surface area contributed by atoms with E-state index in [2.05, 4.69) is 12.2 Å². The van der Waals surface area contributed by atoms with E-state index in [0.717, 1.165) is 24.1 Å². The first-order chi connectivity index (χ1) is 10.6. The summed E-state index contributed by atoms with van der Waals surface area (Å²) < 4.78 is 13.1. The van der Waals surface area contributed by atoms with Gasteiger partial charge in [0, 0.05) is 19.3 Å². The highest BCUT2D eigenvalue weighted by Crippen LogP contribution is 2.12. The number of rotatable bonds is 5. The second-order valence-electron chi connectivity index (χ2n) is 5.36. The average molecular weight is 300 g/mol. The summed E-state index contributed by atoms with van der Waals surface area (Å²) in [5.74, 6) is -0.294. The molecule has 0 unspecified atom stereocenters. The largest absolute Gasteiger partial charge is 0.323 e. The average Bonchev–Trinajstić information content (AvgIpc) is 2.49. The first-order valence-corrected chi connectivity index (χ1v) is 7.44. The minimum atomic E-state index is -0.294. The fraction of sp³-hybridized carbons (Fsp3) is 0.278. The summed E-state index contributed by atoms with van der Waals surface area (Å²) in [5.41, 5.74) is 2.78. The Morgan fingerprint density at radius 2 is 1.86 bits per heavy atom. The summed E-state index contributed by atoms with van der Waals surface area (Å²) >= 11 is 0. The molecule has 2 rings (SSSR count). The van der Waals surface area contributed by atoms with Crippen LogP contribution in [-0.2, 0) is 13.0 Å². The highest BCUT2D eigenvalue weighted by molar-refractivity contribution is 5.89. The predicted molar refractivity (Wildman–Crippen MR) is 87.3 cm³/mol. The Labute approximate surface area is 130 Å². The first-order valence-electron chi connectivity index (χ1n) is 7.44. The van der Waals surface area contributed by atoms with E-state index in [9.17, 15) is 9.18 Å². The maximum Gasteiger partial charge on any atom is 0.321 e. The van der Waals surface area contributed by atoms with Crippen LogP contribution in [0.3, 0.4) is 0 Å². The lowest BCUT2D eigenvalue weighted by atomic mass is 10.1. The van der Waals surface area contributed by atoms with E-state index in [1.807, 2.05) is 24.3 Å². The van der Waals surface area contributed by atoms with Gasteiger partial charge in [0.15, 0.2) is 0 Å². The molecule has 0 aromatic heterocycles. The van der Waals surface area contributed by atoms with Crippen LogP contribution in [0.4, 0.5) is 14.9 Å². The third-order valence-corrected chi connectivity index (χ3v) is 3.40. The third-order valence-electron chi connectivity index (χ3n) is 3.40. The SMILES string of the molecule is CCCc1ccc(NC(=O)N(C)Cc2cccc(F)c2)cc1. The van der Waals surface area contributed by atoms with E-state index in [-0.39, 0.29) is 11.8 Å². The number of carbonyl (C=O) groups is 1. The zero-order valence-electron chi connectivity index (χ0n) is 13.0. The molecule has 0 fully saturated rings. The molecule has 0 bridgehead atoms. The van der Waals surface area contributed by atoms with Crippen molar-refractivity contribution in [3.05, 3.63) is 65.5 Å². The number of benzene rings is 2. The summed E-state index contributed by atoms with van der Waals surface area (Å²) in [5, 5.41) is 2.84. The maximum absolute atomic E-state index is 13.1. The minimum absolute atomic E-state index is 0.215. The Morgan fingerprint density at radius 1 is 1.14 bits per heavy atom. The molecule has 2 aromatic carbocycles. The lowest BCUT2D eigenvalue weighted by molar-refractivity contribution is 0.220. The molecule has 0 spiro atoms. The maximum atomic E-state index is 13.1. The van der Waals surface area contributed by atoms with E-state index in [4.69, 9.17) is 0 Å². The van der Waals surface area contributed by atoms with Crippen molar-refractivity contribution in [3.8, 4) is 0 Å². The van der Waals surface area contributed by atoms with Crippen LogP contribution < -0.4 is 5.32 Å². The fourth-order valence-corrected chi connectivity index (χ4v) is 2.24. The van der Waals surface area contributed by atoms with Crippen LogP contribution in [-0.4, -0.2) is 18.0 Å². The molecule has 116 valence electrons. The molecule has 22 heavy (non-hydrogen) atoms. The molecule has 4 heteroatoms.